The molecule has 0 saturated carbocycles. The van der Waals surface area contributed by atoms with Gasteiger partial charge >= 0.3 is 0 Å². The number of aliphatic hydroxyl groups is 1. The molecule has 5 nitrogen and oxygen atoms in total. The molecule has 1 aromatic heterocycles. The maximum Gasteiger partial charge on any atom is 0.142 e. The van der Waals surface area contributed by atoms with E-state index in [-0.39, 0.29) is 18.6 Å². The molecule has 5 heteroatoms. The van der Waals surface area contributed by atoms with Crippen LogP contribution < -0.4 is 5.32 Å². The van der Waals surface area contributed by atoms with Crippen LogP contribution in [0.1, 0.15) is 25.1 Å². The Balaban J connectivity index is 3.01. The Bertz CT molecular complexity index is 403. The number of rotatable bonds is 4. The summed E-state index contributed by atoms with van der Waals surface area (Å²) in [5.74, 6) is 0.958. The molecule has 0 bridgehead atoms. The van der Waals surface area contributed by atoms with Crippen molar-refractivity contribution < 1.29 is 5.11 Å². The number of anilines is 1. The Morgan fingerprint density at radius 1 is 1.56 bits per heavy atom. The van der Waals surface area contributed by atoms with Crippen molar-refractivity contribution in [3.63, 3.8) is 0 Å². The maximum absolute atomic E-state index is 9.24. The smallest absolute Gasteiger partial charge is 0.142 e. The lowest BCUT2D eigenvalue weighted by molar-refractivity contribution is 0.248. The Morgan fingerprint density at radius 3 is 2.62 bits per heavy atom. The fraction of sp³-hybridized carbons (Fsp3) is 0.636. The molecule has 1 rings (SSSR count). The van der Waals surface area contributed by atoms with Crippen molar-refractivity contribution in [3.05, 3.63) is 11.3 Å². The fourth-order valence-electron chi connectivity index (χ4n) is 1.56. The highest BCUT2D eigenvalue weighted by Crippen LogP contribution is 2.19. The van der Waals surface area contributed by atoms with Crippen LogP contribution in [-0.4, -0.2) is 27.5 Å². The van der Waals surface area contributed by atoms with E-state index in [1.54, 1.807) is 18.7 Å². The molecule has 0 aromatic carbocycles. The number of hydrogen-bond acceptors (Lipinski definition) is 4. The minimum absolute atomic E-state index is 0.0345. The quantitative estimate of drug-likeness (QED) is 0.798. The molecule has 2 N–H and O–H groups in total. The lowest BCUT2D eigenvalue weighted by atomic mass is 10.1. The third kappa shape index (κ3) is 2.34. The van der Waals surface area contributed by atoms with E-state index in [2.05, 4.69) is 16.5 Å². The van der Waals surface area contributed by atoms with Gasteiger partial charge in [-0.1, -0.05) is 13.8 Å². The number of nitrogens with one attached hydrogen (secondary N) is 1. The van der Waals surface area contributed by atoms with Crippen molar-refractivity contribution in [1.29, 1.82) is 5.26 Å². The van der Waals surface area contributed by atoms with Crippen LogP contribution in [0.5, 0.6) is 0 Å². The molecule has 0 aliphatic rings. The predicted molar refractivity (Wildman–Crippen MR) is 62.0 cm³/mol. The molecule has 1 atom stereocenters. The van der Waals surface area contributed by atoms with Crippen molar-refractivity contribution in [2.24, 2.45) is 13.0 Å². The van der Waals surface area contributed by atoms with Crippen molar-refractivity contribution in [1.82, 2.24) is 9.78 Å². The molecule has 0 fully saturated rings. The summed E-state index contributed by atoms with van der Waals surface area (Å²) in [6.07, 6.45) is 0. The molecule has 0 spiro atoms. The van der Waals surface area contributed by atoms with Gasteiger partial charge in [0.25, 0.3) is 0 Å². The third-order valence-corrected chi connectivity index (χ3v) is 2.66. The van der Waals surface area contributed by atoms with Crippen molar-refractivity contribution >= 4 is 5.82 Å². The molecule has 16 heavy (non-hydrogen) atoms. The van der Waals surface area contributed by atoms with E-state index in [1.807, 2.05) is 13.8 Å². The molecule has 0 saturated heterocycles. The topological polar surface area (TPSA) is 73.9 Å². The standard InChI is InChI=1S/C11H18N4O/c1-7(2)10(6-16)13-11-9(5-12)8(3)14-15(11)4/h7,10,13,16H,6H2,1-4H3/t10-/m1/s1. The van der Waals surface area contributed by atoms with E-state index in [4.69, 9.17) is 5.26 Å². The first-order chi connectivity index (χ1) is 7.51. The van der Waals surface area contributed by atoms with E-state index >= 15 is 0 Å². The van der Waals surface area contributed by atoms with E-state index in [0.717, 1.165) is 0 Å². The van der Waals surface area contributed by atoms with Gasteiger partial charge in [-0.25, -0.2) is 0 Å². The zero-order valence-electron chi connectivity index (χ0n) is 10.2. The van der Waals surface area contributed by atoms with Crippen LogP contribution in [0.4, 0.5) is 5.82 Å². The van der Waals surface area contributed by atoms with Crippen LogP contribution in [0.25, 0.3) is 0 Å². The molecule has 0 aliphatic heterocycles. The van der Waals surface area contributed by atoms with E-state index < -0.39 is 0 Å². The fourth-order valence-corrected chi connectivity index (χ4v) is 1.56. The number of nitrogens with zero attached hydrogens (tertiary/aromatic N) is 3. The molecule has 0 radical (unpaired) electrons. The lowest BCUT2D eigenvalue weighted by Gasteiger charge is -2.21. The van der Waals surface area contributed by atoms with E-state index in [0.29, 0.717) is 17.1 Å². The number of aromatic nitrogens is 2. The molecule has 1 heterocycles. The number of hydrogen-bond donors (Lipinski definition) is 2. The average Bonchev–Trinajstić information content (AvgIpc) is 2.48. The van der Waals surface area contributed by atoms with Crippen molar-refractivity contribution in [2.45, 2.75) is 26.8 Å². The second-order valence-electron chi connectivity index (χ2n) is 4.22. The SMILES string of the molecule is Cc1nn(C)c(N[C@H](CO)C(C)C)c1C#N. The van der Waals surface area contributed by atoms with Gasteiger partial charge in [-0.15, -0.1) is 0 Å². The summed E-state index contributed by atoms with van der Waals surface area (Å²) in [6, 6.07) is 2.06. The van der Waals surface area contributed by atoms with Crippen molar-refractivity contribution in [2.75, 3.05) is 11.9 Å². The first kappa shape index (κ1) is 12.5. The second-order valence-corrected chi connectivity index (χ2v) is 4.22. The molecule has 0 aliphatic carbocycles. The van der Waals surface area contributed by atoms with Gasteiger partial charge in [-0.05, 0) is 12.8 Å². The summed E-state index contributed by atoms with van der Waals surface area (Å²) in [7, 11) is 1.78. The predicted octanol–water partition coefficient (Wildman–Crippen LogP) is 1.03. The Labute approximate surface area is 95.7 Å². The van der Waals surface area contributed by atoms with E-state index in [1.165, 1.54) is 0 Å². The van der Waals surface area contributed by atoms with Gasteiger partial charge in [0.2, 0.25) is 0 Å². The third-order valence-electron chi connectivity index (χ3n) is 2.66. The van der Waals surface area contributed by atoms with Gasteiger partial charge < -0.3 is 10.4 Å². The summed E-state index contributed by atoms with van der Waals surface area (Å²) in [6.45, 7) is 5.87. The summed E-state index contributed by atoms with van der Waals surface area (Å²) < 4.78 is 1.64. The Kier molecular flexibility index (Phi) is 3.91. The molecular formula is C11H18N4O. The largest absolute Gasteiger partial charge is 0.394 e. The molecule has 0 amide bonds. The normalized spacial score (nSPS) is 12.6. The number of nitriles is 1. The van der Waals surface area contributed by atoms with Crippen molar-refractivity contribution in [3.8, 4) is 6.07 Å². The van der Waals surface area contributed by atoms with Gasteiger partial charge in [0.05, 0.1) is 18.3 Å². The van der Waals surface area contributed by atoms with Crippen LogP contribution >= 0.6 is 0 Å². The van der Waals surface area contributed by atoms with Crippen LogP contribution in [0.3, 0.4) is 0 Å². The minimum atomic E-state index is -0.0677. The first-order valence-corrected chi connectivity index (χ1v) is 5.32. The zero-order valence-corrected chi connectivity index (χ0v) is 10.2. The van der Waals surface area contributed by atoms with Gasteiger partial charge in [0, 0.05) is 7.05 Å². The van der Waals surface area contributed by atoms with Gasteiger partial charge in [-0.3, -0.25) is 4.68 Å². The lowest BCUT2D eigenvalue weighted by Crippen LogP contribution is -2.30. The molecule has 88 valence electrons. The van der Waals surface area contributed by atoms with Crippen LogP contribution in [-0.2, 0) is 7.05 Å². The van der Waals surface area contributed by atoms with Crippen LogP contribution in [0, 0.1) is 24.2 Å². The number of aryl methyl sites for hydroxylation is 2. The highest BCUT2D eigenvalue weighted by molar-refractivity contribution is 5.55. The maximum atomic E-state index is 9.24. The number of aliphatic hydroxyl groups excluding tert-OH is 1. The molecule has 1 aromatic rings. The van der Waals surface area contributed by atoms with Gasteiger partial charge in [0.15, 0.2) is 0 Å². The Hall–Kier alpha value is -1.54. The van der Waals surface area contributed by atoms with Gasteiger partial charge in [-0.2, -0.15) is 10.4 Å². The summed E-state index contributed by atoms with van der Waals surface area (Å²) in [5, 5.41) is 25.6. The monoisotopic (exact) mass is 222 g/mol. The minimum Gasteiger partial charge on any atom is -0.394 e. The summed E-state index contributed by atoms with van der Waals surface area (Å²) in [5.41, 5.74) is 1.24. The first-order valence-electron chi connectivity index (χ1n) is 5.32. The molecular weight excluding hydrogens is 204 g/mol. The Morgan fingerprint density at radius 2 is 2.19 bits per heavy atom. The highest BCUT2D eigenvalue weighted by atomic mass is 16.3. The van der Waals surface area contributed by atoms with Crippen LogP contribution in [0.15, 0.2) is 0 Å². The summed E-state index contributed by atoms with van der Waals surface area (Å²) in [4.78, 5) is 0. The van der Waals surface area contributed by atoms with Crippen LogP contribution in [0.2, 0.25) is 0 Å². The summed E-state index contributed by atoms with van der Waals surface area (Å²) >= 11 is 0. The van der Waals surface area contributed by atoms with E-state index in [9.17, 15) is 5.11 Å². The van der Waals surface area contributed by atoms with Gasteiger partial charge in [0.1, 0.15) is 17.5 Å². The highest BCUT2D eigenvalue weighted by Gasteiger charge is 2.18. The molecule has 0 unspecified atom stereocenters. The average molecular weight is 222 g/mol. The zero-order chi connectivity index (χ0) is 12.3. The second kappa shape index (κ2) is 4.99.